The molecule has 0 unspecified atom stereocenters. The van der Waals surface area contributed by atoms with E-state index in [1.54, 1.807) is 24.3 Å². The van der Waals surface area contributed by atoms with E-state index < -0.39 is 48.2 Å². The Labute approximate surface area is 235 Å². The molecule has 0 radical (unpaired) electrons. The predicted octanol–water partition coefficient (Wildman–Crippen LogP) is 2.89. The summed E-state index contributed by atoms with van der Waals surface area (Å²) in [4.78, 5) is 51.4. The molecule has 0 aliphatic heterocycles. The molecule has 1 aromatic carbocycles. The van der Waals surface area contributed by atoms with Gasteiger partial charge in [-0.25, -0.2) is 0 Å². The Hall–Kier alpha value is -3.08. The van der Waals surface area contributed by atoms with E-state index in [4.69, 9.17) is 10.5 Å². The largest absolute Gasteiger partial charge is 0.497 e. The Bertz CT molecular complexity index is 997. The summed E-state index contributed by atoms with van der Waals surface area (Å²) in [7, 11) is 1.54. The summed E-state index contributed by atoms with van der Waals surface area (Å²) in [6.45, 7) is 4.00. The lowest BCUT2D eigenvalue weighted by Crippen LogP contribution is -2.57. The minimum absolute atomic E-state index is 0.0338. The monoisotopic (exact) mass is 566 g/mol. The van der Waals surface area contributed by atoms with Crippen molar-refractivity contribution in [1.29, 1.82) is 0 Å². The molecule has 1 aliphatic rings. The van der Waals surface area contributed by atoms with E-state index in [9.17, 15) is 28.0 Å². The topological polar surface area (TPSA) is 140 Å². The lowest BCUT2D eigenvalue weighted by atomic mass is 9.83. The van der Waals surface area contributed by atoms with E-state index >= 15 is 0 Å². The molecule has 224 valence electrons. The summed E-state index contributed by atoms with van der Waals surface area (Å²) in [5, 5.41) is 7.73. The predicted molar refractivity (Wildman–Crippen MR) is 148 cm³/mol. The van der Waals surface area contributed by atoms with E-state index in [1.807, 2.05) is 13.8 Å². The van der Waals surface area contributed by atoms with Gasteiger partial charge in [0.1, 0.15) is 17.8 Å². The summed E-state index contributed by atoms with van der Waals surface area (Å²) < 4.78 is 33.6. The van der Waals surface area contributed by atoms with Gasteiger partial charge in [0.15, 0.2) is 0 Å². The van der Waals surface area contributed by atoms with Crippen LogP contribution in [0.2, 0.25) is 0 Å². The molecule has 0 saturated heterocycles. The molecule has 1 fully saturated rings. The summed E-state index contributed by atoms with van der Waals surface area (Å²) in [5.74, 6) is -6.16. The summed E-state index contributed by atoms with van der Waals surface area (Å²) in [6, 6.07) is 3.44. The number of hydrogen-bond donors (Lipinski definition) is 4. The number of carbonyl (C=O) groups is 4. The molecule has 1 aliphatic carbocycles. The number of benzene rings is 1. The van der Waals surface area contributed by atoms with Gasteiger partial charge < -0.3 is 26.4 Å². The highest BCUT2D eigenvalue weighted by molar-refractivity contribution is 5.96. The van der Waals surface area contributed by atoms with E-state index in [2.05, 4.69) is 16.0 Å². The average molecular weight is 567 g/mol. The molecule has 1 saturated carbocycles. The number of nitrogens with two attached hydrogens (primary N) is 1. The van der Waals surface area contributed by atoms with Crippen LogP contribution in [0.15, 0.2) is 24.3 Å². The van der Waals surface area contributed by atoms with Crippen molar-refractivity contribution in [3.05, 3.63) is 29.8 Å². The third kappa shape index (κ3) is 10.5. The molecule has 0 aromatic heterocycles. The highest BCUT2D eigenvalue weighted by Crippen LogP contribution is 2.29. The first-order valence-electron chi connectivity index (χ1n) is 14.0. The SMILES string of the molecule is COc1ccc(C[C@H](NC(=O)CC(C)C)C(=O)N[C@H](C)C(=O)N[C@@H](CC2CCCCC2)C(=O)C(F)(F)CN)cc1. The van der Waals surface area contributed by atoms with Crippen LogP contribution in [0, 0.1) is 11.8 Å². The van der Waals surface area contributed by atoms with E-state index in [1.165, 1.54) is 14.0 Å². The fraction of sp³-hybridized carbons (Fsp3) is 0.655. The van der Waals surface area contributed by atoms with Crippen molar-refractivity contribution < 1.29 is 32.7 Å². The van der Waals surface area contributed by atoms with E-state index in [-0.39, 0.29) is 37.0 Å². The normalized spacial score (nSPS) is 16.5. The molecule has 3 atom stereocenters. The third-order valence-corrected chi connectivity index (χ3v) is 7.14. The maximum Gasteiger partial charge on any atom is 0.319 e. The molecular formula is C29H44F2N4O5. The van der Waals surface area contributed by atoms with Crippen molar-refractivity contribution in [2.75, 3.05) is 13.7 Å². The van der Waals surface area contributed by atoms with Crippen LogP contribution < -0.4 is 26.4 Å². The summed E-state index contributed by atoms with van der Waals surface area (Å²) >= 11 is 0. The van der Waals surface area contributed by atoms with E-state index in [0.717, 1.165) is 37.7 Å². The molecule has 3 amide bonds. The zero-order chi connectivity index (χ0) is 29.9. The first-order valence-corrected chi connectivity index (χ1v) is 14.0. The summed E-state index contributed by atoms with van der Waals surface area (Å²) in [5.41, 5.74) is 5.89. The number of alkyl halides is 2. The molecule has 11 heteroatoms. The Kier molecular flexibility index (Phi) is 13.0. The number of methoxy groups -OCH3 is 1. The van der Waals surface area contributed by atoms with Crippen molar-refractivity contribution in [3.63, 3.8) is 0 Å². The number of nitrogens with one attached hydrogen (secondary N) is 3. The van der Waals surface area contributed by atoms with Gasteiger partial charge in [-0.15, -0.1) is 0 Å². The van der Waals surface area contributed by atoms with Gasteiger partial charge in [-0.05, 0) is 42.9 Å². The molecule has 1 aromatic rings. The second-order valence-corrected chi connectivity index (χ2v) is 11.1. The van der Waals surface area contributed by atoms with Gasteiger partial charge in [-0.3, -0.25) is 19.2 Å². The van der Waals surface area contributed by atoms with E-state index in [0.29, 0.717) is 5.75 Å². The second-order valence-electron chi connectivity index (χ2n) is 11.1. The van der Waals surface area contributed by atoms with Crippen LogP contribution in [0.1, 0.15) is 71.3 Å². The number of carbonyl (C=O) groups excluding carboxylic acids is 4. The van der Waals surface area contributed by atoms with Crippen LogP contribution in [0.25, 0.3) is 0 Å². The second kappa shape index (κ2) is 15.6. The van der Waals surface area contributed by atoms with Gasteiger partial charge in [0.2, 0.25) is 23.5 Å². The zero-order valence-electron chi connectivity index (χ0n) is 23.9. The molecule has 0 spiro atoms. The first kappa shape index (κ1) is 33.1. The Morgan fingerprint density at radius 1 is 0.950 bits per heavy atom. The molecule has 40 heavy (non-hydrogen) atoms. The highest BCUT2D eigenvalue weighted by Gasteiger charge is 2.43. The van der Waals surface area contributed by atoms with Crippen LogP contribution >= 0.6 is 0 Å². The van der Waals surface area contributed by atoms with Crippen molar-refractivity contribution in [3.8, 4) is 5.75 Å². The number of hydrogen-bond acceptors (Lipinski definition) is 6. The molecule has 9 nitrogen and oxygen atoms in total. The molecule has 0 heterocycles. The highest BCUT2D eigenvalue weighted by atomic mass is 19.3. The van der Waals surface area contributed by atoms with Gasteiger partial charge in [0.05, 0.1) is 19.7 Å². The van der Waals surface area contributed by atoms with Gasteiger partial charge in [0.25, 0.3) is 0 Å². The van der Waals surface area contributed by atoms with Crippen LogP contribution in [-0.4, -0.2) is 61.2 Å². The van der Waals surface area contributed by atoms with Crippen LogP contribution in [0.3, 0.4) is 0 Å². The first-order chi connectivity index (χ1) is 18.9. The van der Waals surface area contributed by atoms with Crippen LogP contribution in [0.4, 0.5) is 8.78 Å². The fourth-order valence-electron chi connectivity index (χ4n) is 4.85. The van der Waals surface area contributed by atoms with Gasteiger partial charge in [0, 0.05) is 12.8 Å². The maximum atomic E-state index is 14.2. The number of rotatable bonds is 15. The third-order valence-electron chi connectivity index (χ3n) is 7.14. The zero-order valence-corrected chi connectivity index (χ0v) is 23.9. The van der Waals surface area contributed by atoms with Crippen molar-refractivity contribution in [1.82, 2.24) is 16.0 Å². The average Bonchev–Trinajstić information content (AvgIpc) is 2.92. The van der Waals surface area contributed by atoms with Crippen molar-refractivity contribution in [2.45, 2.75) is 96.2 Å². The molecular weight excluding hydrogens is 522 g/mol. The lowest BCUT2D eigenvalue weighted by molar-refractivity contribution is -0.146. The number of Topliss-reactive ketones (excluding diaryl/α,β-unsaturated/α-hetero) is 1. The van der Waals surface area contributed by atoms with Crippen LogP contribution in [0.5, 0.6) is 5.75 Å². The Morgan fingerprint density at radius 3 is 2.12 bits per heavy atom. The van der Waals surface area contributed by atoms with Crippen molar-refractivity contribution >= 4 is 23.5 Å². The number of ether oxygens (including phenoxy) is 1. The maximum absolute atomic E-state index is 14.2. The number of ketones is 1. The molecule has 5 N–H and O–H groups in total. The lowest BCUT2D eigenvalue weighted by Gasteiger charge is -2.29. The minimum atomic E-state index is -3.77. The van der Waals surface area contributed by atoms with Crippen LogP contribution in [-0.2, 0) is 25.6 Å². The minimum Gasteiger partial charge on any atom is -0.497 e. The molecule has 2 rings (SSSR count). The Balaban J connectivity index is 2.13. The van der Waals surface area contributed by atoms with Gasteiger partial charge in [-0.2, -0.15) is 8.78 Å². The standard InChI is InChI=1S/C29H44F2N4O5/c1-18(2)14-25(36)34-24(16-21-10-12-22(40-4)13-11-21)28(39)33-19(3)27(38)35-23(26(37)29(30,31)17-32)15-20-8-6-5-7-9-20/h10-13,18-20,23-24H,5-9,14-17,32H2,1-4H3,(H,33,39)(H,34,36)(H,35,38)/t19-,23+,24+/m1/s1. The number of halogens is 2. The number of amides is 3. The molecule has 0 bridgehead atoms. The summed E-state index contributed by atoms with van der Waals surface area (Å²) in [6.07, 6.45) is 4.98. The Morgan fingerprint density at radius 2 is 1.57 bits per heavy atom. The smallest absolute Gasteiger partial charge is 0.319 e. The van der Waals surface area contributed by atoms with Crippen molar-refractivity contribution in [2.24, 2.45) is 17.6 Å². The quantitative estimate of drug-likeness (QED) is 0.257. The van der Waals surface area contributed by atoms with Gasteiger partial charge >= 0.3 is 5.92 Å². The fourth-order valence-corrected chi connectivity index (χ4v) is 4.85. The van der Waals surface area contributed by atoms with Gasteiger partial charge in [-0.1, -0.05) is 58.1 Å².